The van der Waals surface area contributed by atoms with Gasteiger partial charge >= 0.3 is 6.09 Å². The maximum Gasteiger partial charge on any atom is 0.437 e. The Morgan fingerprint density at radius 2 is 1.81 bits per heavy atom. The summed E-state index contributed by atoms with van der Waals surface area (Å²) >= 11 is 0. The van der Waals surface area contributed by atoms with Crippen LogP contribution in [-0.4, -0.2) is 17.6 Å². The summed E-state index contributed by atoms with van der Waals surface area (Å²) in [7, 11) is 0. The normalized spacial score (nSPS) is 10.8. The standard InChI is InChI=1S/C11H12N2O3/c1-8(9(2)14)13-16-11(15)12-10-6-4-3-5-7-10/h3-7H,1-2H3,(H,12,15)/b13-8+. The molecule has 1 aromatic carbocycles. The zero-order valence-electron chi connectivity index (χ0n) is 9.06. The third-order valence-corrected chi connectivity index (χ3v) is 1.80. The number of nitrogens with one attached hydrogen (secondary N) is 1. The highest BCUT2D eigenvalue weighted by Gasteiger charge is 2.04. The number of amides is 1. The van der Waals surface area contributed by atoms with E-state index in [4.69, 9.17) is 0 Å². The Morgan fingerprint density at radius 3 is 2.38 bits per heavy atom. The smallest absolute Gasteiger partial charge is 0.297 e. The third kappa shape index (κ3) is 3.91. The van der Waals surface area contributed by atoms with Gasteiger partial charge in [0.25, 0.3) is 0 Å². The summed E-state index contributed by atoms with van der Waals surface area (Å²) < 4.78 is 0. The lowest BCUT2D eigenvalue weighted by molar-refractivity contribution is -0.111. The van der Waals surface area contributed by atoms with Crippen LogP contribution in [0.3, 0.4) is 0 Å². The Bertz CT molecular complexity index is 412. The molecule has 0 saturated carbocycles. The number of rotatable bonds is 3. The van der Waals surface area contributed by atoms with Crippen molar-refractivity contribution in [2.75, 3.05) is 5.32 Å². The number of ketones is 1. The molecule has 1 amide bonds. The molecule has 5 heteroatoms. The molecule has 0 heterocycles. The highest BCUT2D eigenvalue weighted by molar-refractivity contribution is 6.37. The van der Waals surface area contributed by atoms with Gasteiger partial charge in [-0.3, -0.25) is 14.9 Å². The first-order valence-corrected chi connectivity index (χ1v) is 4.68. The van der Waals surface area contributed by atoms with Gasteiger partial charge in [0.2, 0.25) is 0 Å². The van der Waals surface area contributed by atoms with Crippen LogP contribution in [0.25, 0.3) is 0 Å². The maximum absolute atomic E-state index is 11.2. The number of nitrogens with zero attached hydrogens (tertiary/aromatic N) is 1. The van der Waals surface area contributed by atoms with Crippen LogP contribution in [0, 0.1) is 0 Å². The number of oxime groups is 1. The highest BCUT2D eigenvalue weighted by atomic mass is 16.7. The molecule has 0 aliphatic heterocycles. The Morgan fingerprint density at radius 1 is 1.19 bits per heavy atom. The fraction of sp³-hybridized carbons (Fsp3) is 0.182. The van der Waals surface area contributed by atoms with Crippen LogP contribution in [0.1, 0.15) is 13.8 Å². The minimum atomic E-state index is -0.730. The van der Waals surface area contributed by atoms with Gasteiger partial charge in [-0.25, -0.2) is 4.79 Å². The minimum Gasteiger partial charge on any atom is -0.297 e. The van der Waals surface area contributed by atoms with Crippen molar-refractivity contribution >= 4 is 23.3 Å². The van der Waals surface area contributed by atoms with Crippen molar-refractivity contribution in [1.29, 1.82) is 0 Å². The first-order chi connectivity index (χ1) is 7.59. The molecule has 1 rings (SSSR count). The van der Waals surface area contributed by atoms with Crippen LogP contribution in [-0.2, 0) is 9.63 Å². The fourth-order valence-corrected chi connectivity index (χ4v) is 0.836. The SMILES string of the molecule is CC(=O)/C(C)=N/OC(=O)Nc1ccccc1. The van der Waals surface area contributed by atoms with Crippen molar-refractivity contribution in [3.05, 3.63) is 30.3 Å². The summed E-state index contributed by atoms with van der Waals surface area (Å²) in [5, 5.41) is 5.83. The lowest BCUT2D eigenvalue weighted by Gasteiger charge is -2.01. The molecular weight excluding hydrogens is 208 g/mol. The van der Waals surface area contributed by atoms with Gasteiger partial charge in [0, 0.05) is 12.6 Å². The molecule has 0 bridgehead atoms. The Hall–Kier alpha value is -2.17. The summed E-state index contributed by atoms with van der Waals surface area (Å²) in [6.45, 7) is 2.81. The molecule has 0 fully saturated rings. The zero-order valence-corrected chi connectivity index (χ0v) is 9.06. The fourth-order valence-electron chi connectivity index (χ4n) is 0.836. The largest absolute Gasteiger partial charge is 0.437 e. The Balaban J connectivity index is 2.49. The van der Waals surface area contributed by atoms with Gasteiger partial charge in [-0.15, -0.1) is 0 Å². The van der Waals surface area contributed by atoms with Crippen molar-refractivity contribution in [3.8, 4) is 0 Å². The zero-order chi connectivity index (χ0) is 12.0. The molecule has 0 aromatic heterocycles. The number of hydrogen-bond donors (Lipinski definition) is 1. The number of carbonyl (C=O) groups is 2. The molecule has 0 unspecified atom stereocenters. The van der Waals surface area contributed by atoms with Crippen molar-refractivity contribution in [2.24, 2.45) is 5.16 Å². The number of para-hydroxylation sites is 1. The average molecular weight is 220 g/mol. The first-order valence-electron chi connectivity index (χ1n) is 4.68. The molecular formula is C11H12N2O3. The Labute approximate surface area is 93.1 Å². The van der Waals surface area contributed by atoms with Crippen LogP contribution in [0.2, 0.25) is 0 Å². The summed E-state index contributed by atoms with van der Waals surface area (Å²) in [5.74, 6) is -0.243. The first kappa shape index (κ1) is 11.9. The van der Waals surface area contributed by atoms with E-state index >= 15 is 0 Å². The van der Waals surface area contributed by atoms with Crippen molar-refractivity contribution in [3.63, 3.8) is 0 Å². The van der Waals surface area contributed by atoms with E-state index in [1.54, 1.807) is 24.3 Å². The minimum absolute atomic E-state index is 0.142. The van der Waals surface area contributed by atoms with Gasteiger partial charge in [0.1, 0.15) is 5.71 Å². The third-order valence-electron chi connectivity index (χ3n) is 1.80. The second-order valence-electron chi connectivity index (χ2n) is 3.10. The predicted octanol–water partition coefficient (Wildman–Crippen LogP) is 2.20. The van der Waals surface area contributed by atoms with E-state index < -0.39 is 6.09 Å². The van der Waals surface area contributed by atoms with Gasteiger partial charge in [0.05, 0.1) is 0 Å². The number of hydrogen-bond acceptors (Lipinski definition) is 4. The van der Waals surface area contributed by atoms with Crippen molar-refractivity contribution in [1.82, 2.24) is 0 Å². The van der Waals surface area contributed by atoms with Crippen LogP contribution in [0.15, 0.2) is 35.5 Å². The van der Waals surface area contributed by atoms with E-state index in [1.165, 1.54) is 13.8 Å². The van der Waals surface area contributed by atoms with Crippen molar-refractivity contribution in [2.45, 2.75) is 13.8 Å². The molecule has 1 N–H and O–H groups in total. The molecule has 0 aliphatic carbocycles. The number of Topliss-reactive ketones (excluding diaryl/α,β-unsaturated/α-hetero) is 1. The number of carbonyl (C=O) groups excluding carboxylic acids is 2. The summed E-state index contributed by atoms with van der Waals surface area (Å²) in [6.07, 6.45) is -0.730. The topological polar surface area (TPSA) is 67.8 Å². The number of benzene rings is 1. The second kappa shape index (κ2) is 5.65. The van der Waals surface area contributed by atoms with E-state index in [-0.39, 0.29) is 11.5 Å². The maximum atomic E-state index is 11.2. The summed E-state index contributed by atoms with van der Waals surface area (Å²) in [5.41, 5.74) is 0.742. The highest BCUT2D eigenvalue weighted by Crippen LogP contribution is 2.05. The predicted molar refractivity (Wildman–Crippen MR) is 60.3 cm³/mol. The van der Waals surface area contributed by atoms with Gasteiger partial charge in [-0.2, -0.15) is 0 Å². The van der Waals surface area contributed by atoms with Gasteiger partial charge in [-0.1, -0.05) is 23.4 Å². The molecule has 0 saturated heterocycles. The molecule has 5 nitrogen and oxygen atoms in total. The van der Waals surface area contributed by atoms with E-state index in [1.807, 2.05) is 6.07 Å². The van der Waals surface area contributed by atoms with Gasteiger partial charge in [0.15, 0.2) is 5.78 Å². The van der Waals surface area contributed by atoms with Crippen LogP contribution in [0.4, 0.5) is 10.5 Å². The molecule has 1 aromatic rings. The second-order valence-corrected chi connectivity index (χ2v) is 3.10. The molecule has 0 aliphatic rings. The average Bonchev–Trinajstić information content (AvgIpc) is 2.27. The molecule has 0 spiro atoms. The van der Waals surface area contributed by atoms with Gasteiger partial charge in [-0.05, 0) is 19.1 Å². The van der Waals surface area contributed by atoms with E-state index in [2.05, 4.69) is 15.3 Å². The van der Waals surface area contributed by atoms with E-state index in [9.17, 15) is 9.59 Å². The molecule has 16 heavy (non-hydrogen) atoms. The van der Waals surface area contributed by atoms with Crippen LogP contribution in [0.5, 0.6) is 0 Å². The van der Waals surface area contributed by atoms with Crippen LogP contribution >= 0.6 is 0 Å². The number of anilines is 1. The summed E-state index contributed by atoms with van der Waals surface area (Å²) in [6, 6.07) is 8.81. The van der Waals surface area contributed by atoms with Crippen LogP contribution < -0.4 is 5.32 Å². The molecule has 0 atom stereocenters. The van der Waals surface area contributed by atoms with Gasteiger partial charge < -0.3 is 0 Å². The molecule has 0 radical (unpaired) electrons. The summed E-state index contributed by atoms with van der Waals surface area (Å²) in [4.78, 5) is 26.4. The lowest BCUT2D eigenvalue weighted by Crippen LogP contribution is -2.13. The monoisotopic (exact) mass is 220 g/mol. The van der Waals surface area contributed by atoms with E-state index in [0.29, 0.717) is 5.69 Å². The quantitative estimate of drug-likeness (QED) is 0.482. The van der Waals surface area contributed by atoms with E-state index in [0.717, 1.165) is 0 Å². The van der Waals surface area contributed by atoms with Crippen molar-refractivity contribution < 1.29 is 14.4 Å². The molecule has 84 valence electrons. The Kier molecular flexibility index (Phi) is 4.20. The lowest BCUT2D eigenvalue weighted by atomic mass is 10.3.